The summed E-state index contributed by atoms with van der Waals surface area (Å²) in [6.07, 6.45) is 11.9. The maximum Gasteiger partial charge on any atom is 0.331 e. The van der Waals surface area contributed by atoms with Gasteiger partial charge in [-0.15, -0.1) is 0 Å². The average Bonchev–Trinajstić information content (AvgIpc) is 2.69. The van der Waals surface area contributed by atoms with Gasteiger partial charge < -0.3 is 9.84 Å². The molecule has 0 heterocycles. The van der Waals surface area contributed by atoms with Gasteiger partial charge in [0.05, 0.1) is 0 Å². The van der Waals surface area contributed by atoms with Gasteiger partial charge in [0.15, 0.2) is 0 Å². The van der Waals surface area contributed by atoms with Crippen LogP contribution in [0.2, 0.25) is 0 Å². The lowest BCUT2D eigenvalue weighted by Crippen LogP contribution is -2.22. The third-order valence-electron chi connectivity index (χ3n) is 5.48. The first-order valence-corrected chi connectivity index (χ1v) is 11.3. The van der Waals surface area contributed by atoms with E-state index in [0.29, 0.717) is 0 Å². The Morgan fingerprint density at radius 3 is 1.90 bits per heavy atom. The Morgan fingerprint density at radius 1 is 0.839 bits per heavy atom. The van der Waals surface area contributed by atoms with Gasteiger partial charge in [-0.2, -0.15) is 0 Å². The average molecular weight is 419 g/mol. The molecular formula is C28H34O3. The van der Waals surface area contributed by atoms with E-state index in [2.05, 4.69) is 12.1 Å². The third-order valence-corrected chi connectivity index (χ3v) is 5.48. The molecule has 31 heavy (non-hydrogen) atoms. The molecule has 3 nitrogen and oxygen atoms in total. The molecule has 0 saturated heterocycles. The first-order chi connectivity index (χ1) is 14.8. The molecule has 0 atom stereocenters. The lowest BCUT2D eigenvalue weighted by Gasteiger charge is -2.19. The molecule has 0 aromatic heterocycles. The highest BCUT2D eigenvalue weighted by molar-refractivity contribution is 5.88. The minimum absolute atomic E-state index is 0.286. The van der Waals surface area contributed by atoms with Crippen LogP contribution in [-0.4, -0.2) is 16.7 Å². The van der Waals surface area contributed by atoms with Crippen LogP contribution in [0.3, 0.4) is 0 Å². The highest BCUT2D eigenvalue weighted by Crippen LogP contribution is 2.34. The number of carbonyl (C=O) groups is 1. The predicted octanol–water partition coefficient (Wildman–Crippen LogP) is 7.29. The second kappa shape index (κ2) is 10.5. The molecule has 0 spiro atoms. The largest absolute Gasteiger partial charge is 0.508 e. The number of esters is 1. The van der Waals surface area contributed by atoms with E-state index in [-0.39, 0.29) is 11.7 Å². The molecular weight excluding hydrogens is 384 g/mol. The quantitative estimate of drug-likeness (QED) is 0.419. The molecule has 3 rings (SSSR count). The van der Waals surface area contributed by atoms with E-state index in [9.17, 15) is 9.90 Å². The molecule has 3 heteroatoms. The second-order valence-electron chi connectivity index (χ2n) is 9.28. The van der Waals surface area contributed by atoms with Crippen LogP contribution in [0.4, 0.5) is 0 Å². The molecule has 2 aromatic rings. The molecule has 0 unspecified atom stereocenters. The van der Waals surface area contributed by atoms with Crippen LogP contribution in [-0.2, 0) is 9.53 Å². The highest BCUT2D eigenvalue weighted by atomic mass is 16.6. The van der Waals surface area contributed by atoms with Crippen molar-refractivity contribution in [3.05, 3.63) is 76.9 Å². The van der Waals surface area contributed by atoms with Crippen molar-refractivity contribution < 1.29 is 14.6 Å². The summed E-state index contributed by atoms with van der Waals surface area (Å²) in [5.74, 6) is -0.0496. The van der Waals surface area contributed by atoms with Gasteiger partial charge in [-0.25, -0.2) is 4.79 Å². The van der Waals surface area contributed by atoms with E-state index in [1.165, 1.54) is 54.9 Å². The lowest BCUT2D eigenvalue weighted by molar-refractivity contribution is -0.148. The molecule has 0 amide bonds. The summed E-state index contributed by atoms with van der Waals surface area (Å²) in [6, 6.07) is 15.9. The van der Waals surface area contributed by atoms with Gasteiger partial charge in [0.25, 0.3) is 0 Å². The van der Waals surface area contributed by atoms with Crippen molar-refractivity contribution in [2.75, 3.05) is 0 Å². The zero-order valence-corrected chi connectivity index (χ0v) is 19.0. The molecule has 0 radical (unpaired) electrons. The monoisotopic (exact) mass is 418 g/mol. The summed E-state index contributed by atoms with van der Waals surface area (Å²) >= 11 is 0. The normalized spacial score (nSPS) is 15.4. The number of benzene rings is 2. The Bertz CT molecular complexity index is 916. The highest BCUT2D eigenvalue weighted by Gasteiger charge is 2.15. The zero-order valence-electron chi connectivity index (χ0n) is 19.0. The van der Waals surface area contributed by atoms with Gasteiger partial charge in [-0.3, -0.25) is 0 Å². The van der Waals surface area contributed by atoms with Crippen LogP contribution < -0.4 is 0 Å². The van der Waals surface area contributed by atoms with E-state index >= 15 is 0 Å². The number of hydrogen-bond acceptors (Lipinski definition) is 3. The number of phenols is 1. The molecule has 1 fully saturated rings. The molecule has 0 bridgehead atoms. The molecule has 1 aliphatic rings. The van der Waals surface area contributed by atoms with Gasteiger partial charge in [0, 0.05) is 6.08 Å². The van der Waals surface area contributed by atoms with Crippen LogP contribution in [0.5, 0.6) is 5.75 Å². The Labute approximate surface area is 186 Å². The van der Waals surface area contributed by atoms with E-state index in [1.807, 2.05) is 45.0 Å². The number of allylic oxidation sites excluding steroid dienone is 1. The van der Waals surface area contributed by atoms with Crippen LogP contribution in [0.15, 0.2) is 60.2 Å². The number of carbonyl (C=O) groups excluding carboxylic acids is 1. The number of phenolic OH excluding ortho intramolecular Hbond substituents is 1. The van der Waals surface area contributed by atoms with Crippen LogP contribution in [0, 0.1) is 0 Å². The molecule has 1 N–H and O–H groups in total. The molecule has 1 saturated carbocycles. The number of rotatable bonds is 4. The van der Waals surface area contributed by atoms with Crippen molar-refractivity contribution in [3.63, 3.8) is 0 Å². The van der Waals surface area contributed by atoms with Gasteiger partial charge in [0.2, 0.25) is 0 Å². The Kier molecular flexibility index (Phi) is 7.73. The fraction of sp³-hybridized carbons (Fsp3) is 0.393. The topological polar surface area (TPSA) is 46.5 Å². The number of aromatic hydroxyl groups is 1. The first-order valence-electron chi connectivity index (χ1n) is 11.3. The van der Waals surface area contributed by atoms with Gasteiger partial charge in [-0.05, 0) is 86.9 Å². The Balaban J connectivity index is 1.89. The number of ether oxygens (including phenoxy) is 1. The fourth-order valence-corrected chi connectivity index (χ4v) is 4.05. The summed E-state index contributed by atoms with van der Waals surface area (Å²) in [5, 5.41) is 9.75. The third kappa shape index (κ3) is 7.13. The van der Waals surface area contributed by atoms with Crippen LogP contribution in [0.1, 0.15) is 82.4 Å². The van der Waals surface area contributed by atoms with Gasteiger partial charge in [0.1, 0.15) is 11.4 Å². The van der Waals surface area contributed by atoms with Crippen molar-refractivity contribution in [2.24, 2.45) is 0 Å². The summed E-state index contributed by atoms with van der Waals surface area (Å²) in [6.45, 7) is 5.59. The van der Waals surface area contributed by atoms with Crippen molar-refractivity contribution in [1.29, 1.82) is 0 Å². The summed E-state index contributed by atoms with van der Waals surface area (Å²) < 4.78 is 5.34. The fourth-order valence-electron chi connectivity index (χ4n) is 4.05. The minimum Gasteiger partial charge on any atom is -0.508 e. The summed E-state index contributed by atoms with van der Waals surface area (Å²) in [5.41, 5.74) is 5.57. The molecule has 164 valence electrons. The molecule has 1 aliphatic carbocycles. The van der Waals surface area contributed by atoms with E-state index < -0.39 is 5.60 Å². The summed E-state index contributed by atoms with van der Waals surface area (Å²) in [4.78, 5) is 11.9. The molecule has 2 aromatic carbocycles. The van der Waals surface area contributed by atoms with Crippen molar-refractivity contribution >= 4 is 17.6 Å². The smallest absolute Gasteiger partial charge is 0.331 e. The van der Waals surface area contributed by atoms with Crippen LogP contribution >= 0.6 is 0 Å². The van der Waals surface area contributed by atoms with Crippen molar-refractivity contribution in [1.82, 2.24) is 0 Å². The van der Waals surface area contributed by atoms with E-state index in [1.54, 1.807) is 18.2 Å². The number of hydrogen-bond donors (Lipinski definition) is 1. The van der Waals surface area contributed by atoms with Gasteiger partial charge >= 0.3 is 5.97 Å². The van der Waals surface area contributed by atoms with Crippen LogP contribution in [0.25, 0.3) is 11.6 Å². The standard InChI is InChI=1S/C28H34O3/c1-28(2,3)31-26(30)20-13-21-11-14-23(15-12-21)27(24-16-18-25(29)19-17-24)22-9-7-5-4-6-8-10-22/h11-20,29H,4-10H2,1-3H3. The predicted molar refractivity (Wildman–Crippen MR) is 128 cm³/mol. The van der Waals surface area contributed by atoms with E-state index in [0.717, 1.165) is 24.0 Å². The SMILES string of the molecule is CC(C)(C)OC(=O)C=Cc1ccc(C(=C2CCCCCCC2)c2ccc(O)cc2)cc1. The maximum absolute atomic E-state index is 11.9. The Hall–Kier alpha value is -2.81. The minimum atomic E-state index is -0.492. The van der Waals surface area contributed by atoms with Gasteiger partial charge in [-0.1, -0.05) is 61.2 Å². The zero-order chi connectivity index (χ0) is 22.3. The summed E-state index contributed by atoms with van der Waals surface area (Å²) in [7, 11) is 0. The van der Waals surface area contributed by atoms with E-state index in [4.69, 9.17) is 4.74 Å². The first kappa shape index (κ1) is 22.9. The lowest BCUT2D eigenvalue weighted by atomic mass is 9.86. The second-order valence-corrected chi connectivity index (χ2v) is 9.28. The maximum atomic E-state index is 11.9. The van der Waals surface area contributed by atoms with Crippen molar-refractivity contribution in [3.8, 4) is 5.75 Å². The Morgan fingerprint density at radius 2 is 1.35 bits per heavy atom. The van der Waals surface area contributed by atoms with Crippen molar-refractivity contribution in [2.45, 2.75) is 71.3 Å². The molecule has 0 aliphatic heterocycles.